The Morgan fingerprint density at radius 2 is 1.88 bits per heavy atom. The van der Waals surface area contributed by atoms with Gasteiger partial charge in [-0.3, -0.25) is 0 Å². The van der Waals surface area contributed by atoms with Crippen LogP contribution in [0.4, 0.5) is 11.4 Å². The van der Waals surface area contributed by atoms with Crippen molar-refractivity contribution in [3.63, 3.8) is 0 Å². The molecule has 0 radical (unpaired) electrons. The maximum Gasteiger partial charge on any atom is 0.163 e. The van der Waals surface area contributed by atoms with Gasteiger partial charge in [0.1, 0.15) is 13.2 Å². The maximum absolute atomic E-state index is 6.06. The topological polar surface area (TPSA) is 47.7 Å². The highest BCUT2D eigenvalue weighted by atomic mass is 16.6. The van der Waals surface area contributed by atoms with Crippen LogP contribution in [0.15, 0.2) is 12.1 Å². The Bertz CT molecular complexity index is 407. The molecule has 0 saturated heterocycles. The van der Waals surface area contributed by atoms with E-state index >= 15 is 0 Å². The second-order valence-corrected chi connectivity index (χ2v) is 4.42. The molecule has 1 aliphatic rings. The predicted octanol–water partition coefficient (Wildman–Crippen LogP) is 2.27. The first-order chi connectivity index (χ1) is 8.13. The second kappa shape index (κ2) is 4.73. The summed E-state index contributed by atoms with van der Waals surface area (Å²) in [6.45, 7) is 5.53. The Balaban J connectivity index is 2.34. The van der Waals surface area contributed by atoms with Crippen LogP contribution in [0.1, 0.15) is 20.3 Å². The lowest BCUT2D eigenvalue weighted by molar-refractivity contribution is 0.172. The Labute approximate surface area is 102 Å². The summed E-state index contributed by atoms with van der Waals surface area (Å²) in [5.74, 6) is 1.53. The van der Waals surface area contributed by atoms with E-state index in [-0.39, 0.29) is 0 Å². The fraction of sp³-hybridized carbons (Fsp3) is 0.538. The molecule has 0 spiro atoms. The van der Waals surface area contributed by atoms with E-state index in [2.05, 4.69) is 25.8 Å². The quantitative estimate of drug-likeness (QED) is 0.818. The van der Waals surface area contributed by atoms with Gasteiger partial charge in [0.25, 0.3) is 0 Å². The van der Waals surface area contributed by atoms with Gasteiger partial charge in [-0.15, -0.1) is 0 Å². The largest absolute Gasteiger partial charge is 0.486 e. The van der Waals surface area contributed by atoms with Gasteiger partial charge >= 0.3 is 0 Å². The molecule has 0 saturated carbocycles. The smallest absolute Gasteiger partial charge is 0.163 e. The Morgan fingerprint density at radius 3 is 2.47 bits per heavy atom. The summed E-state index contributed by atoms with van der Waals surface area (Å²) in [6.07, 6.45) is 1.07. The number of hydrogen-bond acceptors (Lipinski definition) is 4. The molecular weight excluding hydrogens is 216 g/mol. The molecule has 4 nitrogen and oxygen atoms in total. The number of hydrogen-bond donors (Lipinski definition) is 1. The van der Waals surface area contributed by atoms with Crippen LogP contribution in [0.2, 0.25) is 0 Å². The van der Waals surface area contributed by atoms with Crippen LogP contribution in [0.3, 0.4) is 0 Å². The molecule has 2 rings (SSSR count). The molecular formula is C13H20N2O2. The van der Waals surface area contributed by atoms with Crippen molar-refractivity contribution in [2.45, 2.75) is 26.3 Å². The summed E-state index contributed by atoms with van der Waals surface area (Å²) < 4.78 is 11.1. The van der Waals surface area contributed by atoms with E-state index in [0.717, 1.165) is 29.3 Å². The van der Waals surface area contributed by atoms with Gasteiger partial charge in [0.2, 0.25) is 0 Å². The summed E-state index contributed by atoms with van der Waals surface area (Å²) in [7, 11) is 2.05. The first-order valence-electron chi connectivity index (χ1n) is 6.05. The highest BCUT2D eigenvalue weighted by molar-refractivity contribution is 5.73. The Kier molecular flexibility index (Phi) is 3.31. The first kappa shape index (κ1) is 11.9. The number of nitrogen functional groups attached to an aromatic ring is 1. The van der Waals surface area contributed by atoms with Crippen molar-refractivity contribution >= 4 is 11.4 Å². The highest BCUT2D eigenvalue weighted by Gasteiger charge is 2.18. The van der Waals surface area contributed by atoms with Crippen molar-refractivity contribution in [2.75, 3.05) is 30.9 Å². The van der Waals surface area contributed by atoms with Crippen LogP contribution < -0.4 is 20.1 Å². The number of benzene rings is 1. The van der Waals surface area contributed by atoms with E-state index in [4.69, 9.17) is 15.2 Å². The van der Waals surface area contributed by atoms with Gasteiger partial charge in [0.05, 0.1) is 11.4 Å². The Hall–Kier alpha value is -1.58. The van der Waals surface area contributed by atoms with Crippen molar-refractivity contribution in [3.05, 3.63) is 12.1 Å². The zero-order valence-electron chi connectivity index (χ0n) is 10.7. The van der Waals surface area contributed by atoms with Crippen molar-refractivity contribution < 1.29 is 9.47 Å². The van der Waals surface area contributed by atoms with Crippen LogP contribution in [0.25, 0.3) is 0 Å². The summed E-state index contributed by atoms with van der Waals surface area (Å²) in [5.41, 5.74) is 7.80. The molecule has 1 unspecified atom stereocenters. The second-order valence-electron chi connectivity index (χ2n) is 4.42. The predicted molar refractivity (Wildman–Crippen MR) is 70.0 cm³/mol. The lowest BCUT2D eigenvalue weighted by Gasteiger charge is -2.29. The summed E-state index contributed by atoms with van der Waals surface area (Å²) in [5, 5.41) is 0. The summed E-state index contributed by atoms with van der Waals surface area (Å²) >= 11 is 0. The number of nitrogens with zero attached hydrogens (tertiary/aromatic N) is 1. The number of ether oxygens (including phenoxy) is 2. The van der Waals surface area contributed by atoms with Crippen LogP contribution in [-0.4, -0.2) is 26.3 Å². The van der Waals surface area contributed by atoms with Crippen molar-refractivity contribution in [1.29, 1.82) is 0 Å². The van der Waals surface area contributed by atoms with E-state index in [1.54, 1.807) is 0 Å². The fourth-order valence-corrected chi connectivity index (χ4v) is 1.91. The van der Waals surface area contributed by atoms with Gasteiger partial charge in [-0.25, -0.2) is 0 Å². The van der Waals surface area contributed by atoms with Crippen molar-refractivity contribution in [1.82, 2.24) is 0 Å². The summed E-state index contributed by atoms with van der Waals surface area (Å²) in [6, 6.07) is 4.26. The third kappa shape index (κ3) is 2.25. The van der Waals surface area contributed by atoms with Crippen LogP contribution in [-0.2, 0) is 0 Å². The van der Waals surface area contributed by atoms with Gasteiger partial charge in [-0.2, -0.15) is 0 Å². The van der Waals surface area contributed by atoms with E-state index in [1.807, 2.05) is 12.1 Å². The normalized spacial score (nSPS) is 15.5. The molecule has 0 aliphatic carbocycles. The molecule has 0 bridgehead atoms. The molecule has 1 heterocycles. The van der Waals surface area contributed by atoms with Gasteiger partial charge in [0.15, 0.2) is 11.5 Å². The zero-order chi connectivity index (χ0) is 12.4. The van der Waals surface area contributed by atoms with E-state index in [1.165, 1.54) is 0 Å². The van der Waals surface area contributed by atoms with E-state index in [9.17, 15) is 0 Å². The number of rotatable bonds is 3. The average Bonchev–Trinajstić information content (AvgIpc) is 2.36. The zero-order valence-corrected chi connectivity index (χ0v) is 10.7. The molecule has 1 aliphatic heterocycles. The molecule has 1 aromatic rings. The minimum atomic E-state index is 0.444. The van der Waals surface area contributed by atoms with Crippen molar-refractivity contribution in [3.8, 4) is 11.5 Å². The molecule has 1 aromatic carbocycles. The number of nitrogens with two attached hydrogens (primary N) is 1. The molecule has 17 heavy (non-hydrogen) atoms. The lowest BCUT2D eigenvalue weighted by Crippen LogP contribution is -2.29. The standard InChI is InChI=1S/C13H20N2O2/c1-4-9(2)15(3)11-8-13-12(7-10(11)14)16-5-6-17-13/h7-9H,4-6,14H2,1-3H3. The monoisotopic (exact) mass is 236 g/mol. The van der Waals surface area contributed by atoms with Gasteiger partial charge in [-0.05, 0) is 13.3 Å². The lowest BCUT2D eigenvalue weighted by atomic mass is 10.1. The molecule has 2 N–H and O–H groups in total. The Morgan fingerprint density at radius 1 is 1.29 bits per heavy atom. The van der Waals surface area contributed by atoms with Gasteiger partial charge < -0.3 is 20.1 Å². The molecule has 94 valence electrons. The number of anilines is 2. The molecule has 0 aromatic heterocycles. The maximum atomic E-state index is 6.06. The van der Waals surface area contributed by atoms with Crippen LogP contribution in [0, 0.1) is 0 Å². The SMILES string of the molecule is CCC(C)N(C)c1cc2c(cc1N)OCCO2. The van der Waals surface area contributed by atoms with E-state index < -0.39 is 0 Å². The van der Waals surface area contributed by atoms with Crippen LogP contribution in [0.5, 0.6) is 11.5 Å². The third-order valence-electron chi connectivity index (χ3n) is 3.32. The number of fused-ring (bicyclic) bond motifs is 1. The minimum Gasteiger partial charge on any atom is -0.486 e. The third-order valence-corrected chi connectivity index (χ3v) is 3.32. The highest BCUT2D eigenvalue weighted by Crippen LogP contribution is 2.38. The molecule has 1 atom stereocenters. The molecule has 0 amide bonds. The molecule has 0 fully saturated rings. The average molecular weight is 236 g/mol. The van der Waals surface area contributed by atoms with E-state index in [0.29, 0.717) is 19.3 Å². The fourth-order valence-electron chi connectivity index (χ4n) is 1.91. The van der Waals surface area contributed by atoms with Crippen LogP contribution >= 0.6 is 0 Å². The van der Waals surface area contributed by atoms with Crippen molar-refractivity contribution in [2.24, 2.45) is 0 Å². The minimum absolute atomic E-state index is 0.444. The molecule has 4 heteroatoms. The summed E-state index contributed by atoms with van der Waals surface area (Å²) in [4.78, 5) is 2.17. The first-order valence-corrected chi connectivity index (χ1v) is 6.05. The van der Waals surface area contributed by atoms with Gasteiger partial charge in [-0.1, -0.05) is 6.92 Å². The van der Waals surface area contributed by atoms with Gasteiger partial charge in [0, 0.05) is 25.2 Å².